The largest absolute Gasteiger partial charge is 0.316 e. The van der Waals surface area contributed by atoms with Crippen molar-refractivity contribution in [2.45, 2.75) is 18.4 Å². The Morgan fingerprint density at radius 2 is 1.76 bits per heavy atom. The lowest BCUT2D eigenvalue weighted by Gasteiger charge is -2.10. The molecule has 2 aromatic carbocycles. The van der Waals surface area contributed by atoms with E-state index in [1.54, 1.807) is 42.5 Å². The fourth-order valence-electron chi connectivity index (χ4n) is 1.90. The van der Waals surface area contributed by atoms with Gasteiger partial charge in [-0.2, -0.15) is 0 Å². The van der Waals surface area contributed by atoms with Gasteiger partial charge >= 0.3 is 0 Å². The van der Waals surface area contributed by atoms with Crippen molar-refractivity contribution in [3.63, 3.8) is 0 Å². The van der Waals surface area contributed by atoms with Gasteiger partial charge in [-0.05, 0) is 49.4 Å². The van der Waals surface area contributed by atoms with Crippen molar-refractivity contribution in [3.05, 3.63) is 58.6 Å². The summed E-state index contributed by atoms with van der Waals surface area (Å²) in [7, 11) is -1.80. The first-order valence-corrected chi connectivity index (χ1v) is 8.31. The number of hydrogen-bond donors (Lipinski definition) is 2. The lowest BCUT2D eigenvalue weighted by Crippen LogP contribution is -2.13. The van der Waals surface area contributed by atoms with E-state index in [9.17, 15) is 8.42 Å². The number of halogens is 1. The minimum atomic E-state index is -3.64. The SMILES string of the molecule is CNCc1ccc(S(=O)(=O)Nc2ccc(C)cc2Cl)cc1. The third-order valence-corrected chi connectivity index (χ3v) is 4.68. The Labute approximate surface area is 130 Å². The van der Waals surface area contributed by atoms with E-state index in [0.29, 0.717) is 17.3 Å². The van der Waals surface area contributed by atoms with E-state index in [1.165, 1.54) is 0 Å². The molecule has 0 atom stereocenters. The maximum atomic E-state index is 12.3. The third kappa shape index (κ3) is 3.97. The highest BCUT2D eigenvalue weighted by molar-refractivity contribution is 7.92. The van der Waals surface area contributed by atoms with Gasteiger partial charge in [-0.1, -0.05) is 29.8 Å². The van der Waals surface area contributed by atoms with Gasteiger partial charge in [-0.15, -0.1) is 0 Å². The summed E-state index contributed by atoms with van der Waals surface area (Å²) in [5.41, 5.74) is 2.37. The van der Waals surface area contributed by atoms with Gasteiger partial charge in [-0.3, -0.25) is 4.72 Å². The van der Waals surface area contributed by atoms with Crippen LogP contribution in [0.4, 0.5) is 5.69 Å². The van der Waals surface area contributed by atoms with Crippen LogP contribution in [0.1, 0.15) is 11.1 Å². The van der Waals surface area contributed by atoms with Gasteiger partial charge in [0.25, 0.3) is 10.0 Å². The molecule has 21 heavy (non-hydrogen) atoms. The van der Waals surface area contributed by atoms with Crippen LogP contribution in [0.3, 0.4) is 0 Å². The molecule has 0 radical (unpaired) electrons. The number of sulfonamides is 1. The Morgan fingerprint density at radius 1 is 1.10 bits per heavy atom. The van der Waals surface area contributed by atoms with E-state index >= 15 is 0 Å². The van der Waals surface area contributed by atoms with Crippen LogP contribution in [-0.4, -0.2) is 15.5 Å². The molecule has 0 fully saturated rings. The minimum Gasteiger partial charge on any atom is -0.316 e. The average molecular weight is 325 g/mol. The Morgan fingerprint density at radius 3 is 2.33 bits per heavy atom. The fourth-order valence-corrected chi connectivity index (χ4v) is 3.32. The van der Waals surface area contributed by atoms with Crippen molar-refractivity contribution < 1.29 is 8.42 Å². The number of anilines is 1. The van der Waals surface area contributed by atoms with Crippen LogP contribution in [0.5, 0.6) is 0 Å². The first kappa shape index (κ1) is 15.8. The van der Waals surface area contributed by atoms with Crippen LogP contribution in [0, 0.1) is 6.92 Å². The first-order valence-electron chi connectivity index (χ1n) is 6.45. The molecule has 0 bridgehead atoms. The molecule has 2 aromatic rings. The van der Waals surface area contributed by atoms with Gasteiger partial charge in [0.1, 0.15) is 0 Å². The van der Waals surface area contributed by atoms with Crippen LogP contribution >= 0.6 is 11.6 Å². The number of benzene rings is 2. The second-order valence-electron chi connectivity index (χ2n) is 4.76. The molecular weight excluding hydrogens is 308 g/mol. The Kier molecular flexibility index (Phi) is 4.88. The fraction of sp³-hybridized carbons (Fsp3) is 0.200. The third-order valence-electron chi connectivity index (χ3n) is 2.98. The zero-order chi connectivity index (χ0) is 15.5. The van der Waals surface area contributed by atoms with Gasteiger partial charge in [-0.25, -0.2) is 8.42 Å². The molecular formula is C15H17ClN2O2S. The summed E-state index contributed by atoms with van der Waals surface area (Å²) < 4.78 is 27.2. The predicted octanol–water partition coefficient (Wildman–Crippen LogP) is 3.17. The molecule has 0 unspecified atom stereocenters. The second kappa shape index (κ2) is 6.47. The van der Waals surface area contributed by atoms with Crippen LogP contribution in [-0.2, 0) is 16.6 Å². The van der Waals surface area contributed by atoms with Crippen LogP contribution in [0.2, 0.25) is 5.02 Å². The Hall–Kier alpha value is -1.56. The Bertz CT molecular complexity index is 728. The van der Waals surface area contributed by atoms with Crippen LogP contribution < -0.4 is 10.0 Å². The van der Waals surface area contributed by atoms with Crippen molar-refractivity contribution in [1.82, 2.24) is 5.32 Å². The summed E-state index contributed by atoms with van der Waals surface area (Å²) in [5.74, 6) is 0. The van der Waals surface area contributed by atoms with Gasteiger partial charge in [0.05, 0.1) is 15.6 Å². The monoisotopic (exact) mass is 324 g/mol. The number of aryl methyl sites for hydroxylation is 1. The van der Waals surface area contributed by atoms with Crippen molar-refractivity contribution in [1.29, 1.82) is 0 Å². The summed E-state index contributed by atoms with van der Waals surface area (Å²) in [6, 6.07) is 11.9. The van der Waals surface area contributed by atoms with Gasteiger partial charge in [0.2, 0.25) is 0 Å². The summed E-state index contributed by atoms with van der Waals surface area (Å²) in [5, 5.41) is 3.39. The highest BCUT2D eigenvalue weighted by Crippen LogP contribution is 2.25. The van der Waals surface area contributed by atoms with E-state index < -0.39 is 10.0 Å². The molecule has 0 spiro atoms. The molecule has 0 aliphatic carbocycles. The van der Waals surface area contributed by atoms with E-state index in [0.717, 1.165) is 11.1 Å². The number of rotatable bonds is 5. The van der Waals surface area contributed by atoms with E-state index in [2.05, 4.69) is 10.0 Å². The quantitative estimate of drug-likeness (QED) is 0.888. The predicted molar refractivity (Wildman–Crippen MR) is 86.2 cm³/mol. The van der Waals surface area contributed by atoms with Crippen LogP contribution in [0.25, 0.3) is 0 Å². The topological polar surface area (TPSA) is 58.2 Å². The molecule has 112 valence electrons. The molecule has 0 heterocycles. The van der Waals surface area contributed by atoms with Gasteiger partial charge in [0.15, 0.2) is 0 Å². The van der Waals surface area contributed by atoms with Gasteiger partial charge < -0.3 is 5.32 Å². The maximum Gasteiger partial charge on any atom is 0.261 e. The van der Waals surface area contributed by atoms with Crippen molar-refractivity contribution in [2.75, 3.05) is 11.8 Å². The van der Waals surface area contributed by atoms with E-state index in [4.69, 9.17) is 11.6 Å². The molecule has 0 aliphatic heterocycles. The summed E-state index contributed by atoms with van der Waals surface area (Å²) in [6.07, 6.45) is 0. The summed E-state index contributed by atoms with van der Waals surface area (Å²) in [4.78, 5) is 0.207. The zero-order valence-electron chi connectivity index (χ0n) is 11.9. The number of nitrogens with one attached hydrogen (secondary N) is 2. The maximum absolute atomic E-state index is 12.3. The lowest BCUT2D eigenvalue weighted by molar-refractivity contribution is 0.601. The summed E-state index contributed by atoms with van der Waals surface area (Å²) in [6.45, 7) is 2.59. The molecule has 0 saturated carbocycles. The number of hydrogen-bond acceptors (Lipinski definition) is 3. The highest BCUT2D eigenvalue weighted by Gasteiger charge is 2.15. The first-order chi connectivity index (χ1) is 9.92. The van der Waals surface area contributed by atoms with E-state index in [-0.39, 0.29) is 4.90 Å². The zero-order valence-corrected chi connectivity index (χ0v) is 13.4. The van der Waals surface area contributed by atoms with Crippen molar-refractivity contribution in [2.24, 2.45) is 0 Å². The van der Waals surface area contributed by atoms with Crippen molar-refractivity contribution >= 4 is 27.3 Å². The lowest BCUT2D eigenvalue weighted by atomic mass is 10.2. The highest BCUT2D eigenvalue weighted by atomic mass is 35.5. The summed E-state index contributed by atoms with van der Waals surface area (Å²) >= 11 is 6.05. The molecule has 4 nitrogen and oxygen atoms in total. The Balaban J connectivity index is 2.25. The van der Waals surface area contributed by atoms with E-state index in [1.807, 2.05) is 14.0 Å². The van der Waals surface area contributed by atoms with Gasteiger partial charge in [0, 0.05) is 6.54 Å². The molecule has 0 amide bonds. The second-order valence-corrected chi connectivity index (χ2v) is 6.85. The standard InChI is InChI=1S/C15H17ClN2O2S/c1-11-3-8-15(14(16)9-11)18-21(19,20)13-6-4-12(5-7-13)10-17-2/h3-9,17-18H,10H2,1-2H3. The molecule has 2 rings (SSSR count). The molecule has 0 aliphatic rings. The molecule has 6 heteroatoms. The smallest absolute Gasteiger partial charge is 0.261 e. The minimum absolute atomic E-state index is 0.207. The molecule has 0 saturated heterocycles. The molecule has 2 N–H and O–H groups in total. The molecule has 0 aromatic heterocycles. The van der Waals surface area contributed by atoms with Crippen molar-refractivity contribution in [3.8, 4) is 0 Å². The normalized spacial score (nSPS) is 11.4. The van der Waals surface area contributed by atoms with Crippen LogP contribution in [0.15, 0.2) is 47.4 Å². The average Bonchev–Trinajstić information content (AvgIpc) is 2.43.